The zero-order valence-corrected chi connectivity index (χ0v) is 33.3. The van der Waals surface area contributed by atoms with E-state index in [1.165, 1.54) is 37.7 Å². The Labute approximate surface area is 351 Å². The molecule has 0 spiro atoms. The van der Waals surface area contributed by atoms with Crippen molar-refractivity contribution in [3.8, 4) is 51.0 Å². The monoisotopic (exact) mass is 780 g/mol. The molecule has 0 amide bonds. The standard InChI is InChI=1S/C56H36N4O/c1-3-40-34(2)61-52-29-27-38(31-47(40)52)37-26-28-50-46(30-37)44-23-14-15-25-49(44)60(50)51-33-39(32-48-43-22-11-10-20-41(43)42-21-12-13-24-45(42)53(48)51)56-58-54(35-16-6-4-7-17-35)57-55(59-56)36-18-8-5-9-19-36/h3-33H,1H2,2H3. The molecule has 0 saturated carbocycles. The summed E-state index contributed by atoms with van der Waals surface area (Å²) in [5.41, 5.74) is 10.2. The summed E-state index contributed by atoms with van der Waals surface area (Å²) in [5, 5.41) is 10.5. The van der Waals surface area contributed by atoms with Crippen LogP contribution >= 0.6 is 0 Å². The van der Waals surface area contributed by atoms with Crippen molar-refractivity contribution in [2.45, 2.75) is 6.92 Å². The molecule has 3 heterocycles. The molecule has 0 aliphatic heterocycles. The van der Waals surface area contributed by atoms with E-state index in [2.05, 4.69) is 157 Å². The van der Waals surface area contributed by atoms with E-state index >= 15 is 0 Å². The van der Waals surface area contributed by atoms with Gasteiger partial charge in [0.25, 0.3) is 0 Å². The molecule has 0 radical (unpaired) electrons. The largest absolute Gasteiger partial charge is 0.461 e. The van der Waals surface area contributed by atoms with Crippen molar-refractivity contribution < 1.29 is 4.42 Å². The fraction of sp³-hybridized carbons (Fsp3) is 0.0179. The topological polar surface area (TPSA) is 56.7 Å². The molecule has 286 valence electrons. The van der Waals surface area contributed by atoms with Crippen molar-refractivity contribution in [2.75, 3.05) is 0 Å². The van der Waals surface area contributed by atoms with Gasteiger partial charge in [0.1, 0.15) is 11.3 Å². The lowest BCUT2D eigenvalue weighted by Gasteiger charge is -2.18. The number of para-hydroxylation sites is 1. The number of nitrogens with zero attached hydrogens (tertiary/aromatic N) is 4. The molecule has 0 unspecified atom stereocenters. The molecule has 0 bridgehead atoms. The second kappa shape index (κ2) is 13.7. The summed E-state index contributed by atoms with van der Waals surface area (Å²) < 4.78 is 8.51. The van der Waals surface area contributed by atoms with Crippen LogP contribution in [0.5, 0.6) is 0 Å². The quantitative estimate of drug-likeness (QED) is 0.158. The fourth-order valence-electron chi connectivity index (χ4n) is 9.34. The molecule has 0 aliphatic rings. The number of hydrogen-bond acceptors (Lipinski definition) is 4. The van der Waals surface area contributed by atoms with Gasteiger partial charge in [0.05, 0.1) is 16.7 Å². The van der Waals surface area contributed by atoms with Gasteiger partial charge in [-0.2, -0.15) is 0 Å². The van der Waals surface area contributed by atoms with Crippen LogP contribution in [0, 0.1) is 6.92 Å². The van der Waals surface area contributed by atoms with Crippen LogP contribution in [0.15, 0.2) is 193 Å². The number of aromatic nitrogens is 4. The smallest absolute Gasteiger partial charge is 0.164 e. The van der Waals surface area contributed by atoms with Gasteiger partial charge in [-0.05, 0) is 87.4 Å². The number of hydrogen-bond donors (Lipinski definition) is 0. The minimum absolute atomic E-state index is 0.611. The normalized spacial score (nSPS) is 11.8. The van der Waals surface area contributed by atoms with Gasteiger partial charge in [-0.3, -0.25) is 0 Å². The molecule has 0 aliphatic carbocycles. The van der Waals surface area contributed by atoms with E-state index in [0.717, 1.165) is 72.2 Å². The number of rotatable bonds is 6. The summed E-state index contributed by atoms with van der Waals surface area (Å²) in [5.74, 6) is 2.74. The van der Waals surface area contributed by atoms with Gasteiger partial charge >= 0.3 is 0 Å². The summed E-state index contributed by atoms with van der Waals surface area (Å²) in [6, 6.07) is 64.4. The number of furan rings is 1. The maximum absolute atomic E-state index is 6.07. The Hall–Kier alpha value is -8.15. The van der Waals surface area contributed by atoms with Gasteiger partial charge in [-0.1, -0.05) is 152 Å². The van der Waals surface area contributed by atoms with Crippen molar-refractivity contribution in [3.05, 3.63) is 200 Å². The van der Waals surface area contributed by atoms with Gasteiger partial charge in [0, 0.05) is 43.8 Å². The molecule has 0 atom stereocenters. The van der Waals surface area contributed by atoms with E-state index in [9.17, 15) is 0 Å². The summed E-state index contributed by atoms with van der Waals surface area (Å²) in [6.07, 6.45) is 1.88. The highest BCUT2D eigenvalue weighted by Gasteiger charge is 2.22. The predicted octanol–water partition coefficient (Wildman–Crippen LogP) is 14.8. The maximum Gasteiger partial charge on any atom is 0.164 e. The molecule has 61 heavy (non-hydrogen) atoms. The third kappa shape index (κ3) is 5.52. The highest BCUT2D eigenvalue weighted by atomic mass is 16.3. The predicted molar refractivity (Wildman–Crippen MR) is 253 cm³/mol. The minimum atomic E-state index is 0.611. The summed E-state index contributed by atoms with van der Waals surface area (Å²) in [4.78, 5) is 15.5. The van der Waals surface area contributed by atoms with E-state index in [1.54, 1.807) is 0 Å². The van der Waals surface area contributed by atoms with Gasteiger partial charge in [0.2, 0.25) is 0 Å². The van der Waals surface area contributed by atoms with Gasteiger partial charge < -0.3 is 8.98 Å². The van der Waals surface area contributed by atoms with Crippen molar-refractivity contribution in [1.29, 1.82) is 0 Å². The average molecular weight is 781 g/mol. The Morgan fingerprint density at radius 3 is 1.57 bits per heavy atom. The zero-order chi connectivity index (χ0) is 40.6. The van der Waals surface area contributed by atoms with Crippen LogP contribution in [0.4, 0.5) is 0 Å². The second-order valence-electron chi connectivity index (χ2n) is 15.6. The van der Waals surface area contributed by atoms with Crippen molar-refractivity contribution >= 4 is 71.2 Å². The number of fused-ring (bicyclic) bond motifs is 10. The van der Waals surface area contributed by atoms with Crippen LogP contribution in [-0.4, -0.2) is 19.5 Å². The van der Waals surface area contributed by atoms with Crippen molar-refractivity contribution in [3.63, 3.8) is 0 Å². The van der Waals surface area contributed by atoms with Crippen LogP contribution in [0.1, 0.15) is 11.3 Å². The Morgan fingerprint density at radius 1 is 0.426 bits per heavy atom. The Kier molecular flexibility index (Phi) is 7.84. The first-order valence-electron chi connectivity index (χ1n) is 20.6. The molecular formula is C56H36N4O. The second-order valence-corrected chi connectivity index (χ2v) is 15.6. The summed E-state index contributed by atoms with van der Waals surface area (Å²) in [7, 11) is 0. The highest BCUT2D eigenvalue weighted by molar-refractivity contribution is 6.28. The van der Waals surface area contributed by atoms with E-state index < -0.39 is 0 Å². The molecule has 0 saturated heterocycles. The lowest BCUT2D eigenvalue weighted by atomic mass is 9.91. The molecule has 3 aromatic heterocycles. The lowest BCUT2D eigenvalue weighted by Crippen LogP contribution is -2.02. The number of aryl methyl sites for hydroxylation is 1. The van der Waals surface area contributed by atoms with E-state index in [1.807, 2.05) is 49.4 Å². The Bertz CT molecular complexity index is 3670. The highest BCUT2D eigenvalue weighted by Crippen LogP contribution is 2.44. The first-order chi connectivity index (χ1) is 30.1. The maximum atomic E-state index is 6.07. The van der Waals surface area contributed by atoms with Gasteiger partial charge in [0.15, 0.2) is 17.5 Å². The van der Waals surface area contributed by atoms with Crippen molar-refractivity contribution in [2.24, 2.45) is 0 Å². The molecule has 0 fully saturated rings. The van der Waals surface area contributed by atoms with Crippen LogP contribution in [0.2, 0.25) is 0 Å². The SMILES string of the molecule is C=Cc1c(C)oc2ccc(-c3ccc4c(c3)c3ccccc3n4-c3cc(-c4nc(-c5ccccc5)nc(-c5ccccc5)n4)cc4c5ccccc5c5ccccc5c34)cc12. The Morgan fingerprint density at radius 2 is 0.918 bits per heavy atom. The minimum Gasteiger partial charge on any atom is -0.461 e. The summed E-state index contributed by atoms with van der Waals surface area (Å²) >= 11 is 0. The van der Waals surface area contributed by atoms with Crippen LogP contribution in [-0.2, 0) is 0 Å². The third-order valence-corrected chi connectivity index (χ3v) is 12.1. The molecule has 5 nitrogen and oxygen atoms in total. The van der Waals surface area contributed by atoms with E-state index in [-0.39, 0.29) is 0 Å². The van der Waals surface area contributed by atoms with Crippen LogP contribution in [0.3, 0.4) is 0 Å². The van der Waals surface area contributed by atoms with Crippen LogP contribution in [0.25, 0.3) is 122 Å². The lowest BCUT2D eigenvalue weighted by molar-refractivity contribution is 0.577. The molecule has 12 rings (SSSR count). The van der Waals surface area contributed by atoms with E-state index in [0.29, 0.717) is 17.5 Å². The van der Waals surface area contributed by atoms with Crippen molar-refractivity contribution in [1.82, 2.24) is 19.5 Å². The van der Waals surface area contributed by atoms with Gasteiger partial charge in [-0.25, -0.2) is 15.0 Å². The van der Waals surface area contributed by atoms with Gasteiger partial charge in [-0.15, -0.1) is 0 Å². The molecule has 0 N–H and O–H groups in total. The third-order valence-electron chi connectivity index (χ3n) is 12.1. The first-order valence-corrected chi connectivity index (χ1v) is 20.6. The summed E-state index contributed by atoms with van der Waals surface area (Å²) in [6.45, 7) is 6.06. The first kappa shape index (κ1) is 34.9. The average Bonchev–Trinajstić information content (AvgIpc) is 3.84. The molecular weight excluding hydrogens is 745 g/mol. The van der Waals surface area contributed by atoms with Crippen LogP contribution < -0.4 is 0 Å². The fourth-order valence-corrected chi connectivity index (χ4v) is 9.34. The molecule has 9 aromatic carbocycles. The molecule has 5 heteroatoms. The zero-order valence-electron chi connectivity index (χ0n) is 33.3. The molecule has 12 aromatic rings. The Balaban J connectivity index is 1.18. The number of benzene rings is 9. The van der Waals surface area contributed by atoms with E-state index in [4.69, 9.17) is 19.4 Å².